The Morgan fingerprint density at radius 1 is 1.11 bits per heavy atom. The Morgan fingerprint density at radius 3 is 2.44 bits per heavy atom. The van der Waals surface area contributed by atoms with Crippen molar-refractivity contribution in [2.45, 2.75) is 19.8 Å². The van der Waals surface area contributed by atoms with Crippen LogP contribution in [0.3, 0.4) is 0 Å². The lowest BCUT2D eigenvalue weighted by Gasteiger charge is -2.36. The van der Waals surface area contributed by atoms with Crippen LogP contribution >= 0.6 is 15.9 Å². The lowest BCUT2D eigenvalue weighted by Crippen LogP contribution is -2.48. The van der Waals surface area contributed by atoms with Crippen LogP contribution in [0.2, 0.25) is 0 Å². The fourth-order valence-corrected chi connectivity index (χ4v) is 3.45. The third kappa shape index (κ3) is 5.07. The summed E-state index contributed by atoms with van der Waals surface area (Å²) in [6.07, 6.45) is 4.69. The lowest BCUT2D eigenvalue weighted by atomic mass is 10.2. The van der Waals surface area contributed by atoms with E-state index in [2.05, 4.69) is 31.1 Å². The van der Waals surface area contributed by atoms with Gasteiger partial charge in [0.2, 0.25) is 5.91 Å². The van der Waals surface area contributed by atoms with E-state index in [1.54, 1.807) is 12.3 Å². The van der Waals surface area contributed by atoms with Crippen molar-refractivity contribution in [3.05, 3.63) is 52.8 Å². The van der Waals surface area contributed by atoms with Crippen molar-refractivity contribution in [2.75, 3.05) is 36.4 Å². The molecule has 0 aliphatic carbocycles. The highest BCUT2D eigenvalue weighted by atomic mass is 79.9. The summed E-state index contributed by atoms with van der Waals surface area (Å²) >= 11 is 3.32. The fraction of sp³-hybridized carbons (Fsp3) is 0.350. The molecule has 2 amide bonds. The number of benzene rings is 1. The number of pyridine rings is 1. The molecule has 1 aromatic carbocycles. The first-order valence-electron chi connectivity index (χ1n) is 9.11. The SMILES string of the molecule is CCCC(=O)N1CCN(c2ccc(NC(=O)c3cncc(Br)c3)cc2)CC1. The van der Waals surface area contributed by atoms with Gasteiger partial charge in [0.15, 0.2) is 0 Å². The van der Waals surface area contributed by atoms with Crippen molar-refractivity contribution in [1.29, 1.82) is 0 Å². The second kappa shape index (κ2) is 8.99. The predicted octanol–water partition coefficient (Wildman–Crippen LogP) is 3.55. The molecule has 1 fully saturated rings. The van der Waals surface area contributed by atoms with Gasteiger partial charge in [-0.2, -0.15) is 0 Å². The van der Waals surface area contributed by atoms with Crippen molar-refractivity contribution in [2.24, 2.45) is 0 Å². The first-order valence-corrected chi connectivity index (χ1v) is 9.91. The van der Waals surface area contributed by atoms with E-state index in [0.717, 1.165) is 48.4 Å². The predicted molar refractivity (Wildman–Crippen MR) is 110 cm³/mol. The van der Waals surface area contributed by atoms with Gasteiger partial charge in [-0.05, 0) is 52.7 Å². The van der Waals surface area contributed by atoms with Gasteiger partial charge in [-0.25, -0.2) is 0 Å². The Labute approximate surface area is 167 Å². The summed E-state index contributed by atoms with van der Waals surface area (Å²) in [6, 6.07) is 9.52. The molecule has 1 aromatic heterocycles. The average molecular weight is 431 g/mol. The molecular weight excluding hydrogens is 408 g/mol. The minimum Gasteiger partial charge on any atom is -0.368 e. The highest BCUT2D eigenvalue weighted by Crippen LogP contribution is 2.20. The number of halogens is 1. The molecule has 0 bridgehead atoms. The van der Waals surface area contributed by atoms with Crippen LogP contribution in [0.4, 0.5) is 11.4 Å². The first-order chi connectivity index (χ1) is 13.1. The highest BCUT2D eigenvalue weighted by Gasteiger charge is 2.20. The first kappa shape index (κ1) is 19.4. The number of anilines is 2. The number of rotatable bonds is 5. The zero-order chi connectivity index (χ0) is 19.2. The van der Waals surface area contributed by atoms with Crippen molar-refractivity contribution in [3.63, 3.8) is 0 Å². The molecule has 6 nitrogen and oxygen atoms in total. The Bertz CT molecular complexity index is 802. The van der Waals surface area contributed by atoms with Gasteiger partial charge >= 0.3 is 0 Å². The molecule has 2 aromatic rings. The van der Waals surface area contributed by atoms with Crippen LogP contribution in [0, 0.1) is 0 Å². The maximum Gasteiger partial charge on any atom is 0.257 e. The molecule has 1 N–H and O–H groups in total. The van der Waals surface area contributed by atoms with Crippen LogP contribution in [-0.2, 0) is 4.79 Å². The topological polar surface area (TPSA) is 65.5 Å². The summed E-state index contributed by atoms with van der Waals surface area (Å²) in [5.74, 6) is 0.0526. The van der Waals surface area contributed by atoms with E-state index >= 15 is 0 Å². The molecule has 1 aliphatic rings. The molecule has 7 heteroatoms. The monoisotopic (exact) mass is 430 g/mol. The van der Waals surface area contributed by atoms with Crippen LogP contribution in [0.5, 0.6) is 0 Å². The fourth-order valence-electron chi connectivity index (χ4n) is 3.08. The smallest absolute Gasteiger partial charge is 0.257 e. The Morgan fingerprint density at radius 2 is 1.81 bits per heavy atom. The summed E-state index contributed by atoms with van der Waals surface area (Å²) < 4.78 is 0.766. The average Bonchev–Trinajstić information content (AvgIpc) is 2.69. The molecule has 2 heterocycles. The standard InChI is InChI=1S/C20H23BrN4O2/c1-2-3-19(26)25-10-8-24(9-11-25)18-6-4-17(5-7-18)23-20(27)15-12-16(21)14-22-13-15/h4-7,12-14H,2-3,8-11H2,1H3,(H,23,27). The van der Waals surface area contributed by atoms with Gasteiger partial charge < -0.3 is 15.1 Å². The van der Waals surface area contributed by atoms with Gasteiger partial charge in [0, 0.05) is 60.8 Å². The molecule has 27 heavy (non-hydrogen) atoms. The molecule has 1 saturated heterocycles. The van der Waals surface area contributed by atoms with E-state index in [0.29, 0.717) is 12.0 Å². The van der Waals surface area contributed by atoms with Gasteiger partial charge in [-0.15, -0.1) is 0 Å². The number of hydrogen-bond donors (Lipinski definition) is 1. The normalized spacial score (nSPS) is 14.1. The van der Waals surface area contributed by atoms with Crippen LogP contribution < -0.4 is 10.2 Å². The van der Waals surface area contributed by atoms with Crippen molar-refractivity contribution in [1.82, 2.24) is 9.88 Å². The van der Waals surface area contributed by atoms with Crippen LogP contribution in [0.15, 0.2) is 47.2 Å². The Hall–Kier alpha value is -2.41. The molecule has 1 aliphatic heterocycles. The maximum absolute atomic E-state index is 12.3. The molecule has 3 rings (SSSR count). The number of aromatic nitrogens is 1. The van der Waals surface area contributed by atoms with Crippen molar-refractivity contribution in [3.8, 4) is 0 Å². The van der Waals surface area contributed by atoms with Gasteiger partial charge in [0.1, 0.15) is 0 Å². The largest absolute Gasteiger partial charge is 0.368 e. The summed E-state index contributed by atoms with van der Waals surface area (Å²) in [4.78, 5) is 32.5. The third-order valence-electron chi connectivity index (χ3n) is 4.55. The Balaban J connectivity index is 1.56. The van der Waals surface area contributed by atoms with E-state index in [4.69, 9.17) is 0 Å². The molecule has 142 valence electrons. The van der Waals surface area contributed by atoms with E-state index in [1.165, 1.54) is 6.20 Å². The minimum absolute atomic E-state index is 0.195. The number of nitrogens with one attached hydrogen (secondary N) is 1. The van der Waals surface area contributed by atoms with Crippen molar-refractivity contribution >= 4 is 39.1 Å². The highest BCUT2D eigenvalue weighted by molar-refractivity contribution is 9.10. The molecule has 0 saturated carbocycles. The third-order valence-corrected chi connectivity index (χ3v) is 4.99. The number of carbonyl (C=O) groups is 2. The second-order valence-electron chi connectivity index (χ2n) is 6.51. The van der Waals surface area contributed by atoms with Crippen molar-refractivity contribution < 1.29 is 9.59 Å². The number of carbonyl (C=O) groups excluding carboxylic acids is 2. The molecule has 0 spiro atoms. The summed E-state index contributed by atoms with van der Waals surface area (Å²) in [5.41, 5.74) is 2.33. The zero-order valence-electron chi connectivity index (χ0n) is 15.3. The van der Waals surface area contributed by atoms with Crippen LogP contribution in [0.25, 0.3) is 0 Å². The van der Waals surface area contributed by atoms with Gasteiger partial charge in [-0.3, -0.25) is 14.6 Å². The molecular formula is C20H23BrN4O2. The lowest BCUT2D eigenvalue weighted by molar-refractivity contribution is -0.131. The number of amides is 2. The summed E-state index contributed by atoms with van der Waals surface area (Å²) in [6.45, 7) is 5.19. The number of hydrogen-bond acceptors (Lipinski definition) is 4. The molecule has 0 radical (unpaired) electrons. The van der Waals surface area contributed by atoms with E-state index < -0.39 is 0 Å². The van der Waals surface area contributed by atoms with Crippen LogP contribution in [-0.4, -0.2) is 47.9 Å². The zero-order valence-corrected chi connectivity index (χ0v) is 16.9. The van der Waals surface area contributed by atoms with E-state index in [9.17, 15) is 9.59 Å². The van der Waals surface area contributed by atoms with Gasteiger partial charge in [0.05, 0.1) is 5.56 Å². The quantitative estimate of drug-likeness (QED) is 0.787. The summed E-state index contributed by atoms with van der Waals surface area (Å²) in [5, 5.41) is 2.88. The number of piperazine rings is 1. The number of nitrogens with zero attached hydrogens (tertiary/aromatic N) is 3. The molecule has 0 atom stereocenters. The Kier molecular flexibility index (Phi) is 6.45. The van der Waals surface area contributed by atoms with Gasteiger partial charge in [0.25, 0.3) is 5.91 Å². The van der Waals surface area contributed by atoms with Crippen LogP contribution in [0.1, 0.15) is 30.1 Å². The summed E-state index contributed by atoms with van der Waals surface area (Å²) in [7, 11) is 0. The molecule has 0 unspecified atom stereocenters. The minimum atomic E-state index is -0.195. The van der Waals surface area contributed by atoms with E-state index in [1.807, 2.05) is 36.1 Å². The van der Waals surface area contributed by atoms with Gasteiger partial charge in [-0.1, -0.05) is 6.92 Å². The maximum atomic E-state index is 12.3. The second-order valence-corrected chi connectivity index (χ2v) is 7.43. The van der Waals surface area contributed by atoms with E-state index in [-0.39, 0.29) is 11.8 Å².